The van der Waals surface area contributed by atoms with Gasteiger partial charge in [0, 0.05) is 17.8 Å². The van der Waals surface area contributed by atoms with Gasteiger partial charge in [0.25, 0.3) is 0 Å². The first-order chi connectivity index (χ1) is 8.83. The number of pyridine rings is 1. The standard InChI is InChI=1S/C15H13NO2.ClH/c1-17-14-7-10-3-4-11-9-16-6-5-12(11)13(10)8-15(14)18-2;/h3-9H,1-2H3;1H. The van der Waals surface area contributed by atoms with Crippen LogP contribution < -0.4 is 9.47 Å². The van der Waals surface area contributed by atoms with E-state index in [0.29, 0.717) is 0 Å². The summed E-state index contributed by atoms with van der Waals surface area (Å²) in [5.41, 5.74) is 0. The molecule has 0 saturated carbocycles. The Morgan fingerprint density at radius 2 is 1.53 bits per heavy atom. The zero-order valence-electron chi connectivity index (χ0n) is 10.7. The minimum atomic E-state index is 0. The molecule has 0 aliphatic heterocycles. The zero-order chi connectivity index (χ0) is 12.5. The molecule has 19 heavy (non-hydrogen) atoms. The summed E-state index contributed by atoms with van der Waals surface area (Å²) in [7, 11) is 3.30. The van der Waals surface area contributed by atoms with Crippen LogP contribution in [0.3, 0.4) is 0 Å². The van der Waals surface area contributed by atoms with Gasteiger partial charge in [-0.3, -0.25) is 4.98 Å². The number of nitrogens with zero attached hydrogens (tertiary/aromatic N) is 1. The molecule has 3 rings (SSSR count). The Labute approximate surface area is 117 Å². The van der Waals surface area contributed by atoms with Crippen molar-refractivity contribution in [3.05, 3.63) is 42.7 Å². The normalized spacial score (nSPS) is 10.2. The molecule has 1 heterocycles. The molecule has 0 aliphatic rings. The van der Waals surface area contributed by atoms with Gasteiger partial charge in [-0.25, -0.2) is 0 Å². The number of aromatic nitrogens is 1. The fourth-order valence-electron chi connectivity index (χ4n) is 2.23. The van der Waals surface area contributed by atoms with Gasteiger partial charge in [0.2, 0.25) is 0 Å². The fraction of sp³-hybridized carbons (Fsp3) is 0.133. The molecule has 0 fully saturated rings. The van der Waals surface area contributed by atoms with Gasteiger partial charge in [-0.15, -0.1) is 12.4 Å². The highest BCUT2D eigenvalue weighted by atomic mass is 35.5. The van der Waals surface area contributed by atoms with Gasteiger partial charge >= 0.3 is 0 Å². The largest absolute Gasteiger partial charge is 0.493 e. The summed E-state index contributed by atoms with van der Waals surface area (Å²) in [6, 6.07) is 10.2. The lowest BCUT2D eigenvalue weighted by Crippen LogP contribution is -1.91. The molecule has 0 saturated heterocycles. The number of ether oxygens (including phenoxy) is 2. The number of fused-ring (bicyclic) bond motifs is 3. The van der Waals surface area contributed by atoms with Crippen molar-refractivity contribution in [2.75, 3.05) is 14.2 Å². The van der Waals surface area contributed by atoms with E-state index in [0.717, 1.165) is 27.7 Å². The summed E-state index contributed by atoms with van der Waals surface area (Å²) in [5, 5.41) is 4.57. The zero-order valence-corrected chi connectivity index (χ0v) is 11.5. The summed E-state index contributed by atoms with van der Waals surface area (Å²) in [5.74, 6) is 1.49. The fourth-order valence-corrected chi connectivity index (χ4v) is 2.23. The monoisotopic (exact) mass is 275 g/mol. The predicted molar refractivity (Wildman–Crippen MR) is 79.6 cm³/mol. The molecule has 98 valence electrons. The topological polar surface area (TPSA) is 31.4 Å². The number of methoxy groups -OCH3 is 2. The Morgan fingerprint density at radius 3 is 2.26 bits per heavy atom. The Hall–Kier alpha value is -2.00. The minimum absolute atomic E-state index is 0. The van der Waals surface area contributed by atoms with Gasteiger partial charge in [0.15, 0.2) is 11.5 Å². The number of benzene rings is 2. The number of hydrogen-bond acceptors (Lipinski definition) is 3. The summed E-state index contributed by atoms with van der Waals surface area (Å²) in [4.78, 5) is 4.14. The molecule has 3 nitrogen and oxygen atoms in total. The smallest absolute Gasteiger partial charge is 0.161 e. The second-order valence-electron chi connectivity index (χ2n) is 4.09. The molecule has 0 unspecified atom stereocenters. The van der Waals surface area contributed by atoms with Crippen LogP contribution >= 0.6 is 12.4 Å². The summed E-state index contributed by atoms with van der Waals surface area (Å²) in [6.45, 7) is 0. The van der Waals surface area contributed by atoms with Gasteiger partial charge in [0.05, 0.1) is 14.2 Å². The van der Waals surface area contributed by atoms with Crippen molar-refractivity contribution < 1.29 is 9.47 Å². The summed E-state index contributed by atoms with van der Waals surface area (Å²) >= 11 is 0. The first kappa shape index (κ1) is 13.4. The van der Waals surface area contributed by atoms with Crippen molar-refractivity contribution >= 4 is 34.0 Å². The van der Waals surface area contributed by atoms with E-state index in [1.807, 2.05) is 24.4 Å². The van der Waals surface area contributed by atoms with E-state index in [2.05, 4.69) is 17.1 Å². The molecule has 0 aliphatic carbocycles. The number of rotatable bonds is 2. The molecular weight excluding hydrogens is 262 g/mol. The lowest BCUT2D eigenvalue weighted by Gasteiger charge is -2.10. The first-order valence-corrected chi connectivity index (χ1v) is 5.72. The van der Waals surface area contributed by atoms with Crippen LogP contribution in [0.25, 0.3) is 21.5 Å². The van der Waals surface area contributed by atoms with E-state index in [4.69, 9.17) is 9.47 Å². The van der Waals surface area contributed by atoms with Gasteiger partial charge in [-0.2, -0.15) is 0 Å². The van der Waals surface area contributed by atoms with Crippen LogP contribution in [-0.4, -0.2) is 19.2 Å². The third-order valence-corrected chi connectivity index (χ3v) is 3.14. The van der Waals surface area contributed by atoms with E-state index < -0.39 is 0 Å². The molecule has 0 bridgehead atoms. The molecule has 0 atom stereocenters. The number of halogens is 1. The second kappa shape index (κ2) is 5.33. The quantitative estimate of drug-likeness (QED) is 0.666. The molecule has 0 amide bonds. The van der Waals surface area contributed by atoms with Crippen molar-refractivity contribution in [1.82, 2.24) is 4.98 Å². The number of hydrogen-bond donors (Lipinski definition) is 0. The average molecular weight is 276 g/mol. The highest BCUT2D eigenvalue weighted by molar-refractivity contribution is 6.08. The summed E-state index contributed by atoms with van der Waals surface area (Å²) in [6.07, 6.45) is 3.67. The van der Waals surface area contributed by atoms with Crippen molar-refractivity contribution in [3.63, 3.8) is 0 Å². The Morgan fingerprint density at radius 1 is 0.842 bits per heavy atom. The highest BCUT2D eigenvalue weighted by Gasteiger charge is 2.08. The third-order valence-electron chi connectivity index (χ3n) is 3.14. The van der Waals surface area contributed by atoms with Crippen LogP contribution in [0.5, 0.6) is 11.5 Å². The second-order valence-corrected chi connectivity index (χ2v) is 4.09. The van der Waals surface area contributed by atoms with Gasteiger partial charge in [-0.05, 0) is 34.4 Å². The maximum absolute atomic E-state index is 5.35. The van der Waals surface area contributed by atoms with E-state index in [9.17, 15) is 0 Å². The van der Waals surface area contributed by atoms with E-state index in [1.54, 1.807) is 20.4 Å². The van der Waals surface area contributed by atoms with Crippen molar-refractivity contribution in [2.24, 2.45) is 0 Å². The van der Waals surface area contributed by atoms with Gasteiger partial charge < -0.3 is 9.47 Å². The maximum atomic E-state index is 5.35. The predicted octanol–water partition coefficient (Wildman–Crippen LogP) is 3.83. The van der Waals surface area contributed by atoms with E-state index in [1.165, 1.54) is 5.39 Å². The lowest BCUT2D eigenvalue weighted by atomic mass is 10.0. The Kier molecular flexibility index (Phi) is 3.76. The molecule has 2 aromatic carbocycles. The Bertz CT molecular complexity index is 728. The SMILES string of the molecule is COc1cc2ccc3cnccc3c2cc1OC.Cl. The van der Waals surface area contributed by atoms with Gasteiger partial charge in [-0.1, -0.05) is 12.1 Å². The Balaban J connectivity index is 0.00000133. The van der Waals surface area contributed by atoms with Crippen LogP contribution in [0.15, 0.2) is 42.7 Å². The van der Waals surface area contributed by atoms with Gasteiger partial charge in [0.1, 0.15) is 0 Å². The molecule has 0 radical (unpaired) electrons. The molecule has 0 N–H and O–H groups in total. The molecule has 3 aromatic rings. The van der Waals surface area contributed by atoms with Crippen LogP contribution in [0.4, 0.5) is 0 Å². The molecular formula is C15H14ClNO2. The molecule has 1 aromatic heterocycles. The average Bonchev–Trinajstić information content (AvgIpc) is 2.45. The lowest BCUT2D eigenvalue weighted by molar-refractivity contribution is 0.356. The van der Waals surface area contributed by atoms with E-state index in [-0.39, 0.29) is 12.4 Å². The van der Waals surface area contributed by atoms with Crippen LogP contribution in [-0.2, 0) is 0 Å². The first-order valence-electron chi connectivity index (χ1n) is 5.72. The molecule has 4 heteroatoms. The van der Waals surface area contributed by atoms with E-state index >= 15 is 0 Å². The maximum Gasteiger partial charge on any atom is 0.161 e. The van der Waals surface area contributed by atoms with Crippen molar-refractivity contribution in [2.45, 2.75) is 0 Å². The van der Waals surface area contributed by atoms with Crippen molar-refractivity contribution in [1.29, 1.82) is 0 Å². The van der Waals surface area contributed by atoms with Crippen LogP contribution in [0.2, 0.25) is 0 Å². The third kappa shape index (κ3) is 2.17. The summed E-state index contributed by atoms with van der Waals surface area (Å²) < 4.78 is 10.7. The highest BCUT2D eigenvalue weighted by Crippen LogP contribution is 2.35. The minimum Gasteiger partial charge on any atom is -0.493 e. The van der Waals surface area contributed by atoms with Crippen LogP contribution in [0, 0.1) is 0 Å². The molecule has 0 spiro atoms. The van der Waals surface area contributed by atoms with Crippen LogP contribution in [0.1, 0.15) is 0 Å². The van der Waals surface area contributed by atoms with Crippen molar-refractivity contribution in [3.8, 4) is 11.5 Å².